The first-order valence-corrected chi connectivity index (χ1v) is 16.6. The molecule has 0 aromatic heterocycles. The lowest BCUT2D eigenvalue weighted by atomic mass is 9.78. The van der Waals surface area contributed by atoms with Gasteiger partial charge in [0.25, 0.3) is 0 Å². The summed E-state index contributed by atoms with van der Waals surface area (Å²) in [6.07, 6.45) is -1.15. The molecule has 0 spiro atoms. The molecule has 2 aromatic rings. The molecule has 0 aliphatic rings. The largest absolute Gasteiger partial charge is 0.488 e. The van der Waals surface area contributed by atoms with Crippen molar-refractivity contribution in [3.05, 3.63) is 53.3 Å². The lowest BCUT2D eigenvalue weighted by Gasteiger charge is -2.29. The van der Waals surface area contributed by atoms with Crippen molar-refractivity contribution >= 4 is 63.7 Å². The number of hydrogen-bond acceptors (Lipinski definition) is 6. The number of hydrogen-bond donors (Lipinski definition) is 2. The Balaban J connectivity index is 2.19. The van der Waals surface area contributed by atoms with Crippen LogP contribution in [-0.4, -0.2) is 84.7 Å². The van der Waals surface area contributed by atoms with Crippen molar-refractivity contribution in [1.29, 1.82) is 0 Å². The molecule has 6 nitrogen and oxygen atoms in total. The molecule has 2 rings (SSSR count). The summed E-state index contributed by atoms with van der Waals surface area (Å²) < 4.78 is 15.3. The maximum absolute atomic E-state index is 10.4. The van der Waals surface area contributed by atoms with Gasteiger partial charge in [-0.3, -0.25) is 0 Å². The zero-order valence-corrected chi connectivity index (χ0v) is 30.1. The average molecular weight is 802 g/mol. The van der Waals surface area contributed by atoms with Gasteiger partial charge in [-0.2, -0.15) is 0 Å². The van der Waals surface area contributed by atoms with Crippen LogP contribution in [0.1, 0.15) is 52.7 Å². The van der Waals surface area contributed by atoms with Gasteiger partial charge >= 0.3 is 0 Å². The number of ether oxygens (including phenoxy) is 2. The predicted octanol–water partition coefficient (Wildman–Crippen LogP) is 7.23. The third-order valence-electron chi connectivity index (χ3n) is 7.01. The maximum atomic E-state index is 10.4. The van der Waals surface area contributed by atoms with Crippen molar-refractivity contribution in [3.63, 3.8) is 0 Å². The fourth-order valence-electron chi connectivity index (χ4n) is 4.31. The number of rotatable bonds is 16. The van der Waals surface area contributed by atoms with E-state index in [0.29, 0.717) is 24.6 Å². The molecule has 0 unspecified atom stereocenters. The zero-order valence-electron chi connectivity index (χ0n) is 23.7. The Bertz CT molecular complexity index is 934. The number of aliphatic hydroxyl groups is 2. The molecule has 10 heteroatoms. The van der Waals surface area contributed by atoms with E-state index in [4.69, 9.17) is 9.47 Å². The molecule has 0 aliphatic heterocycles. The third-order valence-corrected chi connectivity index (χ3v) is 9.36. The van der Waals surface area contributed by atoms with E-state index in [9.17, 15) is 10.2 Å². The van der Waals surface area contributed by atoms with E-state index in [1.54, 1.807) is 0 Å². The molecule has 2 atom stereocenters. The van der Waals surface area contributed by atoms with Crippen LogP contribution in [0.5, 0.6) is 11.5 Å². The molecule has 0 saturated heterocycles. The lowest BCUT2D eigenvalue weighted by molar-refractivity contribution is 0.0710. The fourth-order valence-corrected chi connectivity index (χ4v) is 7.14. The predicted molar refractivity (Wildman–Crippen MR) is 174 cm³/mol. The van der Waals surface area contributed by atoms with E-state index in [0.717, 1.165) is 55.2 Å². The summed E-state index contributed by atoms with van der Waals surface area (Å²) >= 11 is 14.7. The Labute approximate surface area is 267 Å². The van der Waals surface area contributed by atoms with Crippen molar-refractivity contribution in [1.82, 2.24) is 9.80 Å². The number of benzene rings is 2. The highest BCUT2D eigenvalue weighted by Gasteiger charge is 2.28. The first kappa shape index (κ1) is 35.0. The van der Waals surface area contributed by atoms with Crippen LogP contribution in [0.3, 0.4) is 0 Å². The second kappa shape index (κ2) is 16.4. The van der Waals surface area contributed by atoms with Gasteiger partial charge in [0.15, 0.2) is 0 Å². The Morgan fingerprint density at radius 2 is 0.923 bits per heavy atom. The summed E-state index contributed by atoms with van der Waals surface area (Å²) in [5.41, 5.74) is 1.82. The van der Waals surface area contributed by atoms with Crippen molar-refractivity contribution in [2.24, 2.45) is 0 Å². The molecular formula is C29H42Br4N2O4. The summed E-state index contributed by atoms with van der Waals surface area (Å²) in [6.45, 7) is 17.8. The van der Waals surface area contributed by atoms with Crippen LogP contribution in [0.25, 0.3) is 0 Å². The zero-order chi connectivity index (χ0) is 29.3. The number of likely N-dealkylation sites (N-methyl/N-ethyl adjacent to an activating group) is 2. The Kier molecular flexibility index (Phi) is 14.8. The molecule has 0 aliphatic carbocycles. The Morgan fingerprint density at radius 3 is 1.18 bits per heavy atom. The van der Waals surface area contributed by atoms with Crippen LogP contribution in [0, 0.1) is 0 Å². The van der Waals surface area contributed by atoms with Gasteiger partial charge < -0.3 is 29.5 Å². The van der Waals surface area contributed by atoms with E-state index >= 15 is 0 Å². The molecule has 0 fully saturated rings. The van der Waals surface area contributed by atoms with Gasteiger partial charge in [0.1, 0.15) is 36.9 Å². The van der Waals surface area contributed by atoms with Gasteiger partial charge in [0.05, 0.1) is 17.9 Å². The molecule has 2 aromatic carbocycles. The minimum atomic E-state index is -0.575. The highest BCUT2D eigenvalue weighted by molar-refractivity contribution is 9.11. The van der Waals surface area contributed by atoms with Gasteiger partial charge in [-0.15, -0.1) is 0 Å². The molecule has 0 bridgehead atoms. The summed E-state index contributed by atoms with van der Waals surface area (Å²) in [4.78, 5) is 4.34. The third kappa shape index (κ3) is 9.94. The number of halogens is 4. The maximum Gasteiger partial charge on any atom is 0.147 e. The number of aliphatic hydroxyl groups excluding tert-OH is 2. The van der Waals surface area contributed by atoms with E-state index in [-0.39, 0.29) is 18.6 Å². The van der Waals surface area contributed by atoms with E-state index in [1.165, 1.54) is 0 Å². The van der Waals surface area contributed by atoms with E-state index in [2.05, 4.69) is 139 Å². The standard InChI is InChI=1S/C29H42Br4N2O4/c1-7-34(8-2)15-21(36)17-38-27-23(30)11-19(12-24(27)31)29(5,6)20-13-25(32)28(26(33)14-20)39-18-22(37)16-35(9-3)10-4/h11-14,21-22,36-37H,7-10,15-18H2,1-6H3/t21-,22-/m1/s1. The van der Waals surface area contributed by atoms with Gasteiger partial charge in [-0.25, -0.2) is 0 Å². The molecular weight excluding hydrogens is 760 g/mol. The monoisotopic (exact) mass is 798 g/mol. The molecule has 2 N–H and O–H groups in total. The number of nitrogens with zero attached hydrogens (tertiary/aromatic N) is 2. The minimum Gasteiger partial charge on any atom is -0.488 e. The van der Waals surface area contributed by atoms with Crippen molar-refractivity contribution in [2.75, 3.05) is 52.5 Å². The highest BCUT2D eigenvalue weighted by atomic mass is 79.9. The molecule has 0 saturated carbocycles. The van der Waals surface area contributed by atoms with Crippen molar-refractivity contribution in [3.8, 4) is 11.5 Å². The SMILES string of the molecule is CCN(CC)C[C@@H](O)COc1c(Br)cc(C(C)(C)c2cc(Br)c(OC[C@H](O)CN(CC)CC)c(Br)c2)cc1Br. The van der Waals surface area contributed by atoms with Crippen LogP contribution in [0.4, 0.5) is 0 Å². The lowest BCUT2D eigenvalue weighted by Crippen LogP contribution is -2.35. The first-order valence-electron chi connectivity index (χ1n) is 13.4. The minimum absolute atomic E-state index is 0.210. The molecule has 220 valence electrons. The smallest absolute Gasteiger partial charge is 0.147 e. The van der Waals surface area contributed by atoms with Crippen LogP contribution in [0.2, 0.25) is 0 Å². The van der Waals surface area contributed by atoms with E-state index in [1.807, 2.05) is 0 Å². The molecule has 0 heterocycles. The normalized spacial score (nSPS) is 13.7. The molecule has 0 radical (unpaired) electrons. The summed E-state index contributed by atoms with van der Waals surface area (Å²) in [5, 5.41) is 20.9. The van der Waals surface area contributed by atoms with Crippen LogP contribution >= 0.6 is 63.7 Å². The Hall–Kier alpha value is -0.200. The van der Waals surface area contributed by atoms with Crippen LogP contribution < -0.4 is 9.47 Å². The quantitative estimate of drug-likeness (QED) is 0.187. The van der Waals surface area contributed by atoms with Gasteiger partial charge in [-0.1, -0.05) is 41.5 Å². The van der Waals surface area contributed by atoms with Gasteiger partial charge in [0.2, 0.25) is 0 Å². The Morgan fingerprint density at radius 1 is 0.641 bits per heavy atom. The summed E-state index contributed by atoms with van der Waals surface area (Å²) in [6, 6.07) is 8.25. The van der Waals surface area contributed by atoms with Crippen molar-refractivity contribution < 1.29 is 19.7 Å². The van der Waals surface area contributed by atoms with Gasteiger partial charge in [0, 0.05) is 18.5 Å². The van der Waals surface area contributed by atoms with Crippen molar-refractivity contribution in [2.45, 2.75) is 59.2 Å². The topological polar surface area (TPSA) is 65.4 Å². The van der Waals surface area contributed by atoms with Gasteiger partial charge in [-0.05, 0) is 125 Å². The molecule has 0 amide bonds. The molecule has 39 heavy (non-hydrogen) atoms. The van der Waals surface area contributed by atoms with Crippen LogP contribution in [0.15, 0.2) is 42.2 Å². The highest BCUT2D eigenvalue weighted by Crippen LogP contribution is 2.44. The van der Waals surface area contributed by atoms with E-state index < -0.39 is 12.2 Å². The summed E-state index contributed by atoms with van der Waals surface area (Å²) in [5.74, 6) is 1.34. The fraction of sp³-hybridized carbons (Fsp3) is 0.586. The summed E-state index contributed by atoms with van der Waals surface area (Å²) in [7, 11) is 0. The second-order valence-electron chi connectivity index (χ2n) is 10.1. The first-order chi connectivity index (χ1) is 18.4. The second-order valence-corrected chi connectivity index (χ2v) is 13.5. The van der Waals surface area contributed by atoms with Crippen LogP contribution in [-0.2, 0) is 5.41 Å². The average Bonchev–Trinajstić information content (AvgIpc) is 2.89.